The highest BCUT2D eigenvalue weighted by molar-refractivity contribution is 7.99. The van der Waals surface area contributed by atoms with Crippen LogP contribution in [0.4, 0.5) is 10.1 Å². The van der Waals surface area contributed by atoms with Gasteiger partial charge in [-0.05, 0) is 30.4 Å². The zero-order chi connectivity index (χ0) is 16.3. The minimum atomic E-state index is -0.832. The third-order valence-corrected chi connectivity index (χ3v) is 5.34. The normalized spacial score (nSPS) is 24.3. The van der Waals surface area contributed by atoms with Crippen molar-refractivity contribution < 1.29 is 13.9 Å². The Labute approximate surface area is 138 Å². The first-order valence-electron chi connectivity index (χ1n) is 7.57. The molecule has 1 aromatic carbocycles. The number of anilines is 1. The lowest BCUT2D eigenvalue weighted by atomic mass is 10.0. The van der Waals surface area contributed by atoms with E-state index in [4.69, 9.17) is 4.74 Å². The lowest BCUT2D eigenvalue weighted by Crippen LogP contribution is -2.47. The largest absolute Gasteiger partial charge is 0.378 e. The predicted octanol–water partition coefficient (Wildman–Crippen LogP) is 1.79. The van der Waals surface area contributed by atoms with Crippen molar-refractivity contribution in [3.63, 3.8) is 0 Å². The third kappa shape index (κ3) is 3.43. The summed E-state index contributed by atoms with van der Waals surface area (Å²) in [6.45, 7) is 2.42. The van der Waals surface area contributed by atoms with Gasteiger partial charge in [0, 0.05) is 24.4 Å². The molecule has 0 saturated carbocycles. The minimum Gasteiger partial charge on any atom is -0.378 e. The fourth-order valence-corrected chi connectivity index (χ4v) is 4.04. The number of morpholine rings is 1. The van der Waals surface area contributed by atoms with Gasteiger partial charge < -0.3 is 15.0 Å². The molecule has 0 radical (unpaired) electrons. The van der Waals surface area contributed by atoms with Gasteiger partial charge >= 0.3 is 0 Å². The number of nitrogens with zero attached hydrogens (tertiary/aromatic N) is 2. The smallest absolute Gasteiger partial charge is 0.252 e. The van der Waals surface area contributed by atoms with Gasteiger partial charge in [0.1, 0.15) is 11.4 Å². The Morgan fingerprint density at radius 2 is 2.22 bits per heavy atom. The Kier molecular flexibility index (Phi) is 4.74. The topological polar surface area (TPSA) is 65.4 Å². The van der Waals surface area contributed by atoms with E-state index in [1.807, 2.05) is 4.90 Å². The van der Waals surface area contributed by atoms with Gasteiger partial charge in [0.25, 0.3) is 5.91 Å². The van der Waals surface area contributed by atoms with E-state index in [9.17, 15) is 14.4 Å². The molecule has 23 heavy (non-hydrogen) atoms. The number of ether oxygens (including phenoxy) is 1. The van der Waals surface area contributed by atoms with Gasteiger partial charge in [0.05, 0.1) is 25.0 Å². The van der Waals surface area contributed by atoms with Crippen LogP contribution in [-0.2, 0) is 4.74 Å². The molecule has 2 heterocycles. The summed E-state index contributed by atoms with van der Waals surface area (Å²) in [5.41, 5.74) is -0.108. The predicted molar refractivity (Wildman–Crippen MR) is 87.2 cm³/mol. The number of carbonyl (C=O) groups excluding carboxylic acids is 1. The van der Waals surface area contributed by atoms with Crippen LogP contribution in [0, 0.1) is 17.1 Å². The van der Waals surface area contributed by atoms with Gasteiger partial charge in [-0.25, -0.2) is 4.39 Å². The Morgan fingerprint density at radius 3 is 2.83 bits per heavy atom. The molecule has 1 amide bonds. The van der Waals surface area contributed by atoms with Gasteiger partial charge in [-0.2, -0.15) is 17.0 Å². The van der Waals surface area contributed by atoms with Crippen LogP contribution in [0.2, 0.25) is 0 Å². The number of nitrogens with one attached hydrogen (secondary N) is 1. The van der Waals surface area contributed by atoms with E-state index in [1.54, 1.807) is 23.9 Å². The van der Waals surface area contributed by atoms with E-state index in [0.29, 0.717) is 44.2 Å². The number of halogens is 1. The molecule has 0 spiro atoms. The van der Waals surface area contributed by atoms with Crippen LogP contribution in [0.25, 0.3) is 0 Å². The first-order chi connectivity index (χ1) is 11.1. The second-order valence-electron chi connectivity index (χ2n) is 5.72. The number of benzene rings is 1. The molecule has 3 rings (SSSR count). The number of thioether (sulfide) groups is 1. The van der Waals surface area contributed by atoms with Crippen molar-refractivity contribution in [2.45, 2.75) is 12.0 Å². The Bertz CT molecular complexity index is 635. The standard InChI is InChI=1S/C16H18FN3O2S/c17-13-9-12(1-2-14(13)20-4-6-22-7-5-20)15(21)19-16(10-18)3-8-23-11-16/h1-2,9H,3-8,11H2,(H,19,21)/t16-/m0/s1. The summed E-state index contributed by atoms with van der Waals surface area (Å²) in [6, 6.07) is 6.66. The van der Waals surface area contributed by atoms with Crippen LogP contribution >= 0.6 is 11.8 Å². The Morgan fingerprint density at radius 1 is 1.43 bits per heavy atom. The van der Waals surface area contributed by atoms with Crippen molar-refractivity contribution in [2.24, 2.45) is 0 Å². The summed E-state index contributed by atoms with van der Waals surface area (Å²) < 4.78 is 19.6. The second-order valence-corrected chi connectivity index (χ2v) is 6.82. The average Bonchev–Trinajstić information content (AvgIpc) is 3.04. The highest BCUT2D eigenvalue weighted by Gasteiger charge is 2.36. The van der Waals surface area contributed by atoms with Crippen LogP contribution in [0.1, 0.15) is 16.8 Å². The summed E-state index contributed by atoms with van der Waals surface area (Å²) in [5, 5.41) is 12.1. The van der Waals surface area contributed by atoms with Gasteiger partial charge in [-0.15, -0.1) is 0 Å². The molecule has 1 aromatic rings. The Balaban J connectivity index is 1.74. The first kappa shape index (κ1) is 16.1. The summed E-state index contributed by atoms with van der Waals surface area (Å²) in [4.78, 5) is 14.2. The average molecular weight is 335 g/mol. The molecule has 7 heteroatoms. The number of carbonyl (C=O) groups is 1. The molecule has 5 nitrogen and oxygen atoms in total. The second kappa shape index (κ2) is 6.77. The number of hydrogen-bond donors (Lipinski definition) is 1. The number of rotatable bonds is 3. The number of amides is 1. The first-order valence-corrected chi connectivity index (χ1v) is 8.73. The van der Waals surface area contributed by atoms with Crippen LogP contribution in [0.5, 0.6) is 0 Å². The third-order valence-electron chi connectivity index (χ3n) is 4.15. The quantitative estimate of drug-likeness (QED) is 0.912. The molecule has 0 aromatic heterocycles. The molecular formula is C16H18FN3O2S. The lowest BCUT2D eigenvalue weighted by Gasteiger charge is -2.29. The molecule has 2 fully saturated rings. The van der Waals surface area contributed by atoms with Crippen molar-refractivity contribution in [1.29, 1.82) is 5.26 Å². The maximum atomic E-state index is 14.4. The summed E-state index contributed by atoms with van der Waals surface area (Å²) in [5.74, 6) is 0.592. The SMILES string of the molecule is N#C[C@@]1(NC(=O)c2ccc(N3CCOCC3)c(F)c2)CCSC1. The van der Waals surface area contributed by atoms with Gasteiger partial charge in [-0.3, -0.25) is 4.79 Å². The highest BCUT2D eigenvalue weighted by Crippen LogP contribution is 2.28. The van der Waals surface area contributed by atoms with Gasteiger partial charge in [0.2, 0.25) is 0 Å². The molecule has 122 valence electrons. The fourth-order valence-electron chi connectivity index (χ4n) is 2.78. The van der Waals surface area contributed by atoms with E-state index < -0.39 is 17.3 Å². The molecule has 2 aliphatic heterocycles. The molecule has 1 N–H and O–H groups in total. The van der Waals surface area contributed by atoms with Crippen molar-refractivity contribution in [3.8, 4) is 6.07 Å². The Hall–Kier alpha value is -1.78. The zero-order valence-corrected chi connectivity index (χ0v) is 13.5. The van der Waals surface area contributed by atoms with E-state index in [-0.39, 0.29) is 5.56 Å². The molecule has 0 bridgehead atoms. The monoisotopic (exact) mass is 335 g/mol. The van der Waals surface area contributed by atoms with E-state index >= 15 is 0 Å². The van der Waals surface area contributed by atoms with Crippen LogP contribution in [0.3, 0.4) is 0 Å². The fraction of sp³-hybridized carbons (Fsp3) is 0.500. The molecule has 2 aliphatic rings. The van der Waals surface area contributed by atoms with Crippen molar-refractivity contribution in [3.05, 3.63) is 29.6 Å². The van der Waals surface area contributed by atoms with Crippen LogP contribution in [-0.4, -0.2) is 49.3 Å². The van der Waals surface area contributed by atoms with Crippen molar-refractivity contribution in [2.75, 3.05) is 42.7 Å². The molecule has 2 saturated heterocycles. The summed E-state index contributed by atoms with van der Waals surface area (Å²) in [6.07, 6.45) is 0.619. The van der Waals surface area contributed by atoms with Gasteiger partial charge in [-0.1, -0.05) is 0 Å². The molecule has 1 atom stereocenters. The highest BCUT2D eigenvalue weighted by atomic mass is 32.2. The van der Waals surface area contributed by atoms with Crippen LogP contribution < -0.4 is 10.2 Å². The lowest BCUT2D eigenvalue weighted by molar-refractivity contribution is 0.0925. The van der Waals surface area contributed by atoms with E-state index in [0.717, 1.165) is 5.75 Å². The number of hydrogen-bond acceptors (Lipinski definition) is 5. The van der Waals surface area contributed by atoms with Crippen molar-refractivity contribution in [1.82, 2.24) is 5.32 Å². The summed E-state index contributed by atoms with van der Waals surface area (Å²) >= 11 is 1.64. The maximum Gasteiger partial charge on any atom is 0.252 e. The summed E-state index contributed by atoms with van der Waals surface area (Å²) in [7, 11) is 0. The number of nitriles is 1. The van der Waals surface area contributed by atoms with Gasteiger partial charge in [0.15, 0.2) is 0 Å². The minimum absolute atomic E-state index is 0.242. The maximum absolute atomic E-state index is 14.4. The van der Waals surface area contributed by atoms with Crippen molar-refractivity contribution >= 4 is 23.4 Å². The molecule has 0 unspecified atom stereocenters. The zero-order valence-electron chi connectivity index (χ0n) is 12.7. The van der Waals surface area contributed by atoms with E-state index in [1.165, 1.54) is 6.07 Å². The van der Waals surface area contributed by atoms with Crippen LogP contribution in [0.15, 0.2) is 18.2 Å². The van der Waals surface area contributed by atoms with E-state index in [2.05, 4.69) is 11.4 Å². The molecular weight excluding hydrogens is 317 g/mol. The molecule has 0 aliphatic carbocycles.